The monoisotopic (exact) mass is 301 g/mol. The first-order valence-corrected chi connectivity index (χ1v) is 6.07. The summed E-state index contributed by atoms with van der Waals surface area (Å²) in [5.41, 5.74) is 1.00. The van der Waals surface area contributed by atoms with Gasteiger partial charge in [-0.15, -0.1) is 11.3 Å². The Labute approximate surface area is 98.8 Å². The number of thiophene rings is 1. The predicted octanol–water partition coefficient (Wildman–Crippen LogP) is 3.94. The van der Waals surface area contributed by atoms with Crippen LogP contribution in [0.2, 0.25) is 0 Å². The first-order chi connectivity index (χ1) is 6.87. The lowest BCUT2D eigenvalue weighted by Gasteiger charge is -2.15. The van der Waals surface area contributed by atoms with Gasteiger partial charge in [0.15, 0.2) is 0 Å². The molecule has 0 saturated carbocycles. The van der Waals surface area contributed by atoms with Crippen LogP contribution in [-0.2, 0) is 6.54 Å². The van der Waals surface area contributed by atoms with Crippen molar-refractivity contribution in [3.8, 4) is 0 Å². The maximum absolute atomic E-state index is 12.0. The van der Waals surface area contributed by atoms with E-state index in [2.05, 4.69) is 21.2 Å². The molecular formula is C9H11BrF3NS. The molecule has 0 aliphatic heterocycles. The highest BCUT2D eigenvalue weighted by atomic mass is 79.9. The Hall–Kier alpha value is -0.0700. The van der Waals surface area contributed by atoms with Crippen LogP contribution in [0, 0.1) is 0 Å². The molecule has 6 heteroatoms. The first-order valence-electron chi connectivity index (χ1n) is 4.40. The van der Waals surface area contributed by atoms with Crippen LogP contribution in [0.4, 0.5) is 13.2 Å². The number of hydrogen-bond acceptors (Lipinski definition) is 2. The number of halogens is 4. The molecule has 1 N–H and O–H groups in total. The fourth-order valence-corrected chi connectivity index (χ4v) is 2.36. The molecule has 86 valence electrons. The fourth-order valence-electron chi connectivity index (χ4n) is 1.15. The highest BCUT2D eigenvalue weighted by Crippen LogP contribution is 2.23. The number of hydrogen-bond donors (Lipinski definition) is 1. The van der Waals surface area contributed by atoms with Gasteiger partial charge in [0.05, 0.1) is 10.2 Å². The van der Waals surface area contributed by atoms with Gasteiger partial charge in [-0.1, -0.05) is 0 Å². The molecule has 1 aromatic heterocycles. The average Bonchev–Trinajstić information content (AvgIpc) is 2.45. The van der Waals surface area contributed by atoms with Crippen molar-refractivity contribution in [3.63, 3.8) is 0 Å². The second-order valence-electron chi connectivity index (χ2n) is 3.36. The van der Waals surface area contributed by atoms with Crippen molar-refractivity contribution in [1.82, 2.24) is 5.32 Å². The average molecular weight is 302 g/mol. The summed E-state index contributed by atoms with van der Waals surface area (Å²) in [6.45, 7) is 2.01. The van der Waals surface area contributed by atoms with Gasteiger partial charge in [0.2, 0.25) is 0 Å². The van der Waals surface area contributed by atoms with Crippen LogP contribution in [0.3, 0.4) is 0 Å². The third kappa shape index (κ3) is 5.53. The SMILES string of the molecule is CC(CC(F)(F)F)NCc1csc(Br)c1. The molecule has 0 spiro atoms. The molecule has 1 atom stereocenters. The molecule has 0 saturated heterocycles. The van der Waals surface area contributed by atoms with Gasteiger partial charge in [0.25, 0.3) is 0 Å². The van der Waals surface area contributed by atoms with E-state index in [0.29, 0.717) is 6.54 Å². The molecule has 0 aliphatic rings. The molecule has 1 heterocycles. The minimum absolute atomic E-state index is 0.472. The molecule has 1 rings (SSSR count). The highest BCUT2D eigenvalue weighted by molar-refractivity contribution is 9.11. The van der Waals surface area contributed by atoms with Crippen molar-refractivity contribution in [2.75, 3.05) is 0 Å². The van der Waals surface area contributed by atoms with Gasteiger partial charge in [-0.3, -0.25) is 0 Å². The van der Waals surface area contributed by atoms with E-state index in [0.717, 1.165) is 9.35 Å². The molecule has 0 amide bonds. The molecule has 1 unspecified atom stereocenters. The number of alkyl halides is 3. The largest absolute Gasteiger partial charge is 0.390 e. The second kappa shape index (κ2) is 5.32. The molecular weight excluding hydrogens is 291 g/mol. The summed E-state index contributed by atoms with van der Waals surface area (Å²) in [6, 6.07) is 1.35. The van der Waals surface area contributed by atoms with Gasteiger partial charge in [-0.2, -0.15) is 13.2 Å². The van der Waals surface area contributed by atoms with E-state index >= 15 is 0 Å². The highest BCUT2D eigenvalue weighted by Gasteiger charge is 2.29. The second-order valence-corrected chi connectivity index (χ2v) is 5.65. The zero-order valence-electron chi connectivity index (χ0n) is 8.07. The van der Waals surface area contributed by atoms with Crippen LogP contribution in [0.1, 0.15) is 18.9 Å². The van der Waals surface area contributed by atoms with Crippen molar-refractivity contribution in [2.24, 2.45) is 0 Å². The summed E-state index contributed by atoms with van der Waals surface area (Å²) < 4.78 is 37.0. The van der Waals surface area contributed by atoms with Crippen molar-refractivity contribution in [3.05, 3.63) is 20.8 Å². The van der Waals surface area contributed by atoms with E-state index in [-0.39, 0.29) is 0 Å². The van der Waals surface area contributed by atoms with E-state index in [1.807, 2.05) is 11.4 Å². The lowest BCUT2D eigenvalue weighted by Crippen LogP contribution is -2.30. The Bertz CT molecular complexity index is 311. The van der Waals surface area contributed by atoms with Crippen LogP contribution in [-0.4, -0.2) is 12.2 Å². The van der Waals surface area contributed by atoms with Crippen LogP contribution < -0.4 is 5.32 Å². The minimum atomic E-state index is -4.10. The van der Waals surface area contributed by atoms with Crippen molar-refractivity contribution < 1.29 is 13.2 Å². The zero-order chi connectivity index (χ0) is 11.5. The molecule has 0 bridgehead atoms. The molecule has 0 aromatic carbocycles. The molecule has 0 aliphatic carbocycles. The number of rotatable bonds is 4. The quantitative estimate of drug-likeness (QED) is 0.888. The Morgan fingerprint density at radius 1 is 1.53 bits per heavy atom. The molecule has 0 fully saturated rings. The Kier molecular flexibility index (Phi) is 4.61. The molecule has 0 radical (unpaired) electrons. The smallest absolute Gasteiger partial charge is 0.310 e. The topological polar surface area (TPSA) is 12.0 Å². The summed E-state index contributed by atoms with van der Waals surface area (Å²) in [6.07, 6.45) is -4.89. The van der Waals surface area contributed by atoms with Gasteiger partial charge in [-0.05, 0) is 39.9 Å². The zero-order valence-corrected chi connectivity index (χ0v) is 10.5. The third-order valence-electron chi connectivity index (χ3n) is 1.81. The van der Waals surface area contributed by atoms with E-state index in [4.69, 9.17) is 0 Å². The molecule has 1 aromatic rings. The maximum atomic E-state index is 12.0. The lowest BCUT2D eigenvalue weighted by molar-refractivity contribution is -0.139. The normalized spacial score (nSPS) is 14.2. The van der Waals surface area contributed by atoms with Gasteiger partial charge in [0.1, 0.15) is 0 Å². The van der Waals surface area contributed by atoms with Crippen molar-refractivity contribution in [1.29, 1.82) is 0 Å². The van der Waals surface area contributed by atoms with E-state index < -0.39 is 18.6 Å². The third-order valence-corrected chi connectivity index (χ3v) is 3.37. The van der Waals surface area contributed by atoms with Gasteiger partial charge >= 0.3 is 6.18 Å². The predicted molar refractivity (Wildman–Crippen MR) is 59.0 cm³/mol. The number of nitrogens with one attached hydrogen (secondary N) is 1. The van der Waals surface area contributed by atoms with E-state index in [9.17, 15) is 13.2 Å². The summed E-state index contributed by atoms with van der Waals surface area (Å²) in [7, 11) is 0. The van der Waals surface area contributed by atoms with Crippen LogP contribution >= 0.6 is 27.3 Å². The maximum Gasteiger partial charge on any atom is 0.390 e. The lowest BCUT2D eigenvalue weighted by atomic mass is 10.2. The standard InChI is InChI=1S/C9H11BrF3NS/c1-6(3-9(11,12)13)14-4-7-2-8(10)15-5-7/h2,5-6,14H,3-4H2,1H3. The van der Waals surface area contributed by atoms with E-state index in [1.54, 1.807) is 0 Å². The summed E-state index contributed by atoms with van der Waals surface area (Å²) >= 11 is 4.82. The summed E-state index contributed by atoms with van der Waals surface area (Å²) in [5.74, 6) is 0. The van der Waals surface area contributed by atoms with Gasteiger partial charge < -0.3 is 5.32 Å². The van der Waals surface area contributed by atoms with E-state index in [1.165, 1.54) is 18.3 Å². The van der Waals surface area contributed by atoms with Crippen LogP contribution in [0.15, 0.2) is 15.2 Å². The van der Waals surface area contributed by atoms with Crippen molar-refractivity contribution in [2.45, 2.75) is 32.1 Å². The summed E-state index contributed by atoms with van der Waals surface area (Å²) in [5, 5.41) is 4.75. The molecule has 15 heavy (non-hydrogen) atoms. The molecule has 1 nitrogen and oxygen atoms in total. The Balaban J connectivity index is 2.31. The first kappa shape index (κ1) is 13.0. The fraction of sp³-hybridized carbons (Fsp3) is 0.556. The summed E-state index contributed by atoms with van der Waals surface area (Å²) in [4.78, 5) is 0. The van der Waals surface area contributed by atoms with Gasteiger partial charge in [-0.25, -0.2) is 0 Å². The van der Waals surface area contributed by atoms with Crippen LogP contribution in [0.5, 0.6) is 0 Å². The Morgan fingerprint density at radius 2 is 2.20 bits per heavy atom. The van der Waals surface area contributed by atoms with Crippen LogP contribution in [0.25, 0.3) is 0 Å². The Morgan fingerprint density at radius 3 is 2.67 bits per heavy atom. The van der Waals surface area contributed by atoms with Gasteiger partial charge in [0, 0.05) is 12.6 Å². The minimum Gasteiger partial charge on any atom is -0.310 e. The van der Waals surface area contributed by atoms with Crippen molar-refractivity contribution >= 4 is 27.3 Å².